The largest absolute Gasteiger partial charge is 0.325 e. The van der Waals surface area contributed by atoms with Crippen LogP contribution in [-0.2, 0) is 14.8 Å². The summed E-state index contributed by atoms with van der Waals surface area (Å²) < 4.78 is 24.9. The molecule has 1 aromatic rings. The van der Waals surface area contributed by atoms with Crippen LogP contribution in [0.3, 0.4) is 0 Å². The zero-order valence-corrected chi connectivity index (χ0v) is 15.4. The lowest BCUT2D eigenvalue weighted by molar-refractivity contribution is -0.116. The Balaban J connectivity index is 2.71. The van der Waals surface area contributed by atoms with Crippen LogP contribution in [0.5, 0.6) is 0 Å². The number of carbonyl (C=O) groups excluding carboxylic acids is 1. The van der Waals surface area contributed by atoms with Crippen molar-refractivity contribution in [2.75, 3.05) is 45.3 Å². The van der Waals surface area contributed by atoms with Gasteiger partial charge in [-0.3, -0.25) is 4.79 Å². The fourth-order valence-corrected chi connectivity index (χ4v) is 2.97. The molecule has 0 heterocycles. The predicted octanol–water partition coefficient (Wildman–Crippen LogP) is 1.46. The van der Waals surface area contributed by atoms with Gasteiger partial charge in [-0.1, -0.05) is 12.1 Å². The van der Waals surface area contributed by atoms with Gasteiger partial charge in [0.2, 0.25) is 15.9 Å². The smallest absolute Gasteiger partial charge is 0.239 e. The van der Waals surface area contributed by atoms with Gasteiger partial charge in [0.05, 0.1) is 12.8 Å². The molecule has 0 spiro atoms. The highest BCUT2D eigenvalue weighted by atomic mass is 32.2. The third-order valence-corrected chi connectivity index (χ3v) is 4.93. The summed E-state index contributed by atoms with van der Waals surface area (Å²) in [6.45, 7) is 4.83. The Labute approximate surface area is 139 Å². The van der Waals surface area contributed by atoms with Gasteiger partial charge in [0.25, 0.3) is 0 Å². The van der Waals surface area contributed by atoms with Crippen molar-refractivity contribution < 1.29 is 13.2 Å². The van der Waals surface area contributed by atoms with Gasteiger partial charge in [0, 0.05) is 12.2 Å². The molecule has 1 aromatic carbocycles. The molecular weight excluding hydrogens is 314 g/mol. The van der Waals surface area contributed by atoms with Gasteiger partial charge < -0.3 is 10.2 Å². The third-order valence-electron chi connectivity index (χ3n) is 3.68. The van der Waals surface area contributed by atoms with Crippen molar-refractivity contribution in [3.63, 3.8) is 0 Å². The van der Waals surface area contributed by atoms with Crippen molar-refractivity contribution in [2.24, 2.45) is 0 Å². The number of amides is 1. The molecule has 1 amide bonds. The van der Waals surface area contributed by atoms with E-state index in [1.54, 1.807) is 0 Å². The Morgan fingerprint density at radius 2 is 1.83 bits per heavy atom. The van der Waals surface area contributed by atoms with Gasteiger partial charge in [0.15, 0.2) is 0 Å². The van der Waals surface area contributed by atoms with Gasteiger partial charge in [0.1, 0.15) is 0 Å². The number of benzene rings is 1. The van der Waals surface area contributed by atoms with Crippen molar-refractivity contribution in [3.05, 3.63) is 29.3 Å². The molecule has 0 bridgehead atoms. The van der Waals surface area contributed by atoms with Crippen LogP contribution >= 0.6 is 0 Å². The molecule has 1 N–H and O–H groups in total. The molecule has 0 radical (unpaired) electrons. The summed E-state index contributed by atoms with van der Waals surface area (Å²) in [5.41, 5.74) is 2.78. The SMILES string of the molecule is Cc1cccc(NC(=O)CN(CCCN(C)C)S(C)(=O)=O)c1C. The summed E-state index contributed by atoms with van der Waals surface area (Å²) in [4.78, 5) is 14.2. The maximum Gasteiger partial charge on any atom is 0.239 e. The molecule has 0 aliphatic carbocycles. The highest BCUT2D eigenvalue weighted by Gasteiger charge is 2.20. The summed E-state index contributed by atoms with van der Waals surface area (Å²) in [7, 11) is 0.443. The lowest BCUT2D eigenvalue weighted by atomic mass is 10.1. The van der Waals surface area contributed by atoms with E-state index < -0.39 is 10.0 Å². The average molecular weight is 341 g/mol. The summed E-state index contributed by atoms with van der Waals surface area (Å²) in [6.07, 6.45) is 1.81. The number of hydrogen-bond donors (Lipinski definition) is 1. The topological polar surface area (TPSA) is 69.7 Å². The van der Waals surface area contributed by atoms with Crippen molar-refractivity contribution >= 4 is 21.6 Å². The second kappa shape index (κ2) is 8.42. The Kier molecular flexibility index (Phi) is 7.18. The Morgan fingerprint density at radius 1 is 1.17 bits per heavy atom. The predicted molar refractivity (Wildman–Crippen MR) is 94.1 cm³/mol. The first kappa shape index (κ1) is 19.6. The molecule has 0 aliphatic heterocycles. The van der Waals surface area contributed by atoms with E-state index >= 15 is 0 Å². The fraction of sp³-hybridized carbons (Fsp3) is 0.562. The van der Waals surface area contributed by atoms with Crippen molar-refractivity contribution in [1.29, 1.82) is 0 Å². The Morgan fingerprint density at radius 3 is 2.39 bits per heavy atom. The summed E-state index contributed by atoms with van der Waals surface area (Å²) in [5, 5.41) is 2.80. The maximum absolute atomic E-state index is 12.2. The molecule has 0 saturated heterocycles. The highest BCUT2D eigenvalue weighted by molar-refractivity contribution is 7.88. The first-order chi connectivity index (χ1) is 10.6. The molecule has 0 unspecified atom stereocenters. The van der Waals surface area contributed by atoms with Gasteiger partial charge in [-0.2, -0.15) is 4.31 Å². The molecule has 1 rings (SSSR count). The minimum atomic E-state index is -3.41. The van der Waals surface area contributed by atoms with Crippen LogP contribution in [0.25, 0.3) is 0 Å². The zero-order valence-electron chi connectivity index (χ0n) is 14.6. The molecule has 130 valence electrons. The number of nitrogens with one attached hydrogen (secondary N) is 1. The molecule has 23 heavy (non-hydrogen) atoms. The normalized spacial score (nSPS) is 12.0. The van der Waals surface area contributed by atoms with E-state index in [2.05, 4.69) is 5.32 Å². The minimum Gasteiger partial charge on any atom is -0.325 e. The van der Waals surface area contributed by atoms with E-state index in [1.807, 2.05) is 51.0 Å². The third kappa shape index (κ3) is 6.68. The van der Waals surface area contributed by atoms with Gasteiger partial charge in [-0.15, -0.1) is 0 Å². The van der Waals surface area contributed by atoms with E-state index in [0.29, 0.717) is 13.0 Å². The summed E-state index contributed by atoms with van der Waals surface area (Å²) in [6, 6.07) is 5.65. The first-order valence-corrected chi connectivity index (χ1v) is 9.42. The number of aryl methyl sites for hydroxylation is 1. The number of anilines is 1. The van der Waals surface area contributed by atoms with Gasteiger partial charge in [-0.05, 0) is 58.1 Å². The van der Waals surface area contributed by atoms with E-state index in [1.165, 1.54) is 4.31 Å². The second-order valence-corrected chi connectivity index (χ2v) is 8.03. The van der Waals surface area contributed by atoms with Crippen LogP contribution in [0.4, 0.5) is 5.69 Å². The van der Waals surface area contributed by atoms with Crippen LogP contribution in [0.15, 0.2) is 18.2 Å². The maximum atomic E-state index is 12.2. The molecule has 7 heteroatoms. The monoisotopic (exact) mass is 341 g/mol. The lowest BCUT2D eigenvalue weighted by Crippen LogP contribution is -2.38. The van der Waals surface area contributed by atoms with Crippen LogP contribution in [-0.4, -0.2) is 63.5 Å². The molecule has 0 saturated carbocycles. The average Bonchev–Trinajstić information content (AvgIpc) is 2.41. The molecule has 0 fully saturated rings. The molecule has 0 aliphatic rings. The zero-order chi connectivity index (χ0) is 17.6. The molecule has 6 nitrogen and oxygen atoms in total. The first-order valence-electron chi connectivity index (χ1n) is 7.57. The number of rotatable bonds is 8. The van der Waals surface area contributed by atoms with E-state index in [0.717, 1.165) is 29.6 Å². The molecular formula is C16H27N3O3S. The van der Waals surface area contributed by atoms with Crippen molar-refractivity contribution in [1.82, 2.24) is 9.21 Å². The van der Waals surface area contributed by atoms with E-state index in [4.69, 9.17) is 0 Å². The molecule has 0 aromatic heterocycles. The number of nitrogens with zero attached hydrogens (tertiary/aromatic N) is 2. The lowest BCUT2D eigenvalue weighted by Gasteiger charge is -2.21. The molecule has 0 atom stereocenters. The second-order valence-electron chi connectivity index (χ2n) is 6.05. The van der Waals surface area contributed by atoms with E-state index in [-0.39, 0.29) is 12.5 Å². The van der Waals surface area contributed by atoms with Crippen LogP contribution in [0, 0.1) is 13.8 Å². The Hall–Kier alpha value is -1.44. The van der Waals surface area contributed by atoms with Crippen molar-refractivity contribution in [2.45, 2.75) is 20.3 Å². The summed E-state index contributed by atoms with van der Waals surface area (Å²) in [5.74, 6) is -0.325. The van der Waals surface area contributed by atoms with Gasteiger partial charge >= 0.3 is 0 Å². The standard InChI is InChI=1S/C16H27N3O3S/c1-13-8-6-9-15(14(13)2)17-16(20)12-19(23(5,21)22)11-7-10-18(3)4/h6,8-9H,7,10-12H2,1-5H3,(H,17,20). The fourth-order valence-electron chi connectivity index (χ4n) is 2.16. The number of sulfonamides is 1. The van der Waals surface area contributed by atoms with Crippen LogP contribution in [0.2, 0.25) is 0 Å². The van der Waals surface area contributed by atoms with Gasteiger partial charge in [-0.25, -0.2) is 8.42 Å². The van der Waals surface area contributed by atoms with Crippen LogP contribution in [0.1, 0.15) is 17.5 Å². The Bertz CT molecular complexity index is 642. The van der Waals surface area contributed by atoms with Crippen molar-refractivity contribution in [3.8, 4) is 0 Å². The van der Waals surface area contributed by atoms with E-state index in [9.17, 15) is 13.2 Å². The number of carbonyl (C=O) groups is 1. The van der Waals surface area contributed by atoms with Crippen LogP contribution < -0.4 is 5.32 Å². The number of hydrogen-bond acceptors (Lipinski definition) is 4. The minimum absolute atomic E-state index is 0.167. The summed E-state index contributed by atoms with van der Waals surface area (Å²) >= 11 is 0. The quantitative estimate of drug-likeness (QED) is 0.777. The highest BCUT2D eigenvalue weighted by Crippen LogP contribution is 2.18.